The highest BCUT2D eigenvalue weighted by Gasteiger charge is 2.15. The maximum absolute atomic E-state index is 10.8. The van der Waals surface area contributed by atoms with E-state index in [9.17, 15) is 10.1 Å². The van der Waals surface area contributed by atoms with Gasteiger partial charge in [-0.25, -0.2) is 4.98 Å². The fourth-order valence-corrected chi connectivity index (χ4v) is 2.51. The molecule has 7 heteroatoms. The van der Waals surface area contributed by atoms with Crippen LogP contribution >= 0.6 is 0 Å². The second kappa shape index (κ2) is 7.34. The normalized spacial score (nSPS) is 17.5. The number of non-ortho nitro benzene ring substituents is 1. The Morgan fingerprint density at radius 2 is 2.30 bits per heavy atom. The molecule has 0 aliphatic carbocycles. The van der Waals surface area contributed by atoms with Gasteiger partial charge in [-0.2, -0.15) is 0 Å². The van der Waals surface area contributed by atoms with Gasteiger partial charge in [0.15, 0.2) is 0 Å². The summed E-state index contributed by atoms with van der Waals surface area (Å²) < 4.78 is 11.0. The van der Waals surface area contributed by atoms with Crippen LogP contribution in [0.1, 0.15) is 12.8 Å². The first-order valence-corrected chi connectivity index (χ1v) is 7.71. The summed E-state index contributed by atoms with van der Waals surface area (Å²) >= 11 is 0. The van der Waals surface area contributed by atoms with Gasteiger partial charge in [0.05, 0.1) is 23.2 Å². The smallest absolute Gasteiger partial charge is 0.270 e. The van der Waals surface area contributed by atoms with Crippen LogP contribution in [0.25, 0.3) is 10.9 Å². The molecule has 1 atom stereocenters. The van der Waals surface area contributed by atoms with E-state index in [1.165, 1.54) is 12.1 Å². The average molecular weight is 317 g/mol. The topological polar surface area (TPSA) is 86.5 Å². The average Bonchev–Trinajstić information content (AvgIpc) is 3.07. The van der Waals surface area contributed by atoms with Crippen molar-refractivity contribution in [1.82, 2.24) is 4.98 Å². The molecule has 0 saturated carbocycles. The summed E-state index contributed by atoms with van der Waals surface area (Å²) in [5.74, 6) is 0.760. The third-order valence-corrected chi connectivity index (χ3v) is 3.75. The van der Waals surface area contributed by atoms with Crippen molar-refractivity contribution in [2.75, 3.05) is 31.7 Å². The Morgan fingerprint density at radius 1 is 1.39 bits per heavy atom. The summed E-state index contributed by atoms with van der Waals surface area (Å²) in [4.78, 5) is 14.8. The molecule has 122 valence electrons. The fraction of sp³-hybridized carbons (Fsp3) is 0.438. The van der Waals surface area contributed by atoms with Crippen LogP contribution in [0.3, 0.4) is 0 Å². The largest absolute Gasteiger partial charge is 0.379 e. The van der Waals surface area contributed by atoms with E-state index in [1.54, 1.807) is 6.07 Å². The number of fused-ring (bicyclic) bond motifs is 1. The van der Waals surface area contributed by atoms with Crippen LogP contribution in [0.5, 0.6) is 0 Å². The molecule has 7 nitrogen and oxygen atoms in total. The summed E-state index contributed by atoms with van der Waals surface area (Å²) in [6.45, 7) is 2.95. The minimum Gasteiger partial charge on any atom is -0.379 e. The van der Waals surface area contributed by atoms with Gasteiger partial charge in [0.1, 0.15) is 5.82 Å². The van der Waals surface area contributed by atoms with E-state index in [0.29, 0.717) is 13.2 Å². The molecule has 0 unspecified atom stereocenters. The SMILES string of the molecule is O=[N+]([O-])c1ccc2nc(NCCCO[C@H]3CCOC3)ccc2c1. The second-order valence-electron chi connectivity index (χ2n) is 5.47. The highest BCUT2D eigenvalue weighted by Crippen LogP contribution is 2.21. The summed E-state index contributed by atoms with van der Waals surface area (Å²) in [5, 5.41) is 14.8. The van der Waals surface area contributed by atoms with Gasteiger partial charge in [-0.15, -0.1) is 0 Å². The second-order valence-corrected chi connectivity index (χ2v) is 5.47. The molecule has 1 aromatic heterocycles. The number of nitrogens with zero attached hydrogens (tertiary/aromatic N) is 2. The third-order valence-electron chi connectivity index (χ3n) is 3.75. The van der Waals surface area contributed by atoms with Gasteiger partial charge in [-0.1, -0.05) is 0 Å². The molecule has 0 spiro atoms. The van der Waals surface area contributed by atoms with Crippen LogP contribution in [0, 0.1) is 10.1 Å². The van der Waals surface area contributed by atoms with Gasteiger partial charge >= 0.3 is 0 Å². The Labute approximate surface area is 133 Å². The quantitative estimate of drug-likeness (QED) is 0.480. The van der Waals surface area contributed by atoms with Crippen molar-refractivity contribution in [1.29, 1.82) is 0 Å². The van der Waals surface area contributed by atoms with Crippen molar-refractivity contribution >= 4 is 22.4 Å². The summed E-state index contributed by atoms with van der Waals surface area (Å²) in [6.07, 6.45) is 2.10. The lowest BCUT2D eigenvalue weighted by Crippen LogP contribution is -2.15. The number of rotatable bonds is 7. The highest BCUT2D eigenvalue weighted by molar-refractivity contribution is 5.82. The predicted octanol–water partition coefficient (Wildman–Crippen LogP) is 2.75. The number of nitrogens with one attached hydrogen (secondary N) is 1. The molecule has 1 fully saturated rings. The zero-order valence-corrected chi connectivity index (χ0v) is 12.7. The van der Waals surface area contributed by atoms with Gasteiger partial charge in [0.25, 0.3) is 5.69 Å². The Morgan fingerprint density at radius 3 is 3.09 bits per heavy atom. The Kier molecular flexibility index (Phi) is 4.99. The lowest BCUT2D eigenvalue weighted by atomic mass is 10.2. The van der Waals surface area contributed by atoms with Crippen LogP contribution in [0.2, 0.25) is 0 Å². The van der Waals surface area contributed by atoms with Gasteiger partial charge in [-0.3, -0.25) is 10.1 Å². The number of nitro groups is 1. The number of hydrogen-bond acceptors (Lipinski definition) is 6. The van der Waals surface area contributed by atoms with E-state index in [-0.39, 0.29) is 11.8 Å². The fourth-order valence-electron chi connectivity index (χ4n) is 2.51. The van der Waals surface area contributed by atoms with Crippen molar-refractivity contribution in [2.45, 2.75) is 18.9 Å². The van der Waals surface area contributed by atoms with E-state index >= 15 is 0 Å². The molecule has 1 aromatic carbocycles. The molecule has 1 aliphatic rings. The Balaban J connectivity index is 1.50. The zero-order chi connectivity index (χ0) is 16.1. The maximum Gasteiger partial charge on any atom is 0.270 e. The maximum atomic E-state index is 10.8. The molecule has 1 aliphatic heterocycles. The number of pyridine rings is 1. The monoisotopic (exact) mass is 317 g/mol. The zero-order valence-electron chi connectivity index (χ0n) is 12.7. The van der Waals surface area contributed by atoms with Gasteiger partial charge in [-0.05, 0) is 31.0 Å². The van der Waals surface area contributed by atoms with E-state index in [1.807, 2.05) is 12.1 Å². The van der Waals surface area contributed by atoms with Crippen molar-refractivity contribution in [3.8, 4) is 0 Å². The number of hydrogen-bond donors (Lipinski definition) is 1. The van der Waals surface area contributed by atoms with Gasteiger partial charge in [0.2, 0.25) is 0 Å². The molecule has 23 heavy (non-hydrogen) atoms. The van der Waals surface area contributed by atoms with Crippen molar-refractivity contribution < 1.29 is 14.4 Å². The summed E-state index contributed by atoms with van der Waals surface area (Å²) in [5.41, 5.74) is 0.813. The molecule has 1 saturated heterocycles. The minimum atomic E-state index is -0.402. The van der Waals surface area contributed by atoms with Gasteiger partial charge in [0, 0.05) is 37.3 Å². The van der Waals surface area contributed by atoms with Crippen LogP contribution in [-0.2, 0) is 9.47 Å². The minimum absolute atomic E-state index is 0.0769. The van der Waals surface area contributed by atoms with Crippen molar-refractivity contribution in [3.05, 3.63) is 40.4 Å². The first kappa shape index (κ1) is 15.6. The molecule has 2 heterocycles. The number of ether oxygens (including phenoxy) is 2. The van der Waals surface area contributed by atoms with E-state index in [0.717, 1.165) is 42.7 Å². The van der Waals surface area contributed by atoms with E-state index < -0.39 is 4.92 Å². The predicted molar refractivity (Wildman–Crippen MR) is 86.7 cm³/mol. The Hall–Kier alpha value is -2.25. The standard InChI is InChI=1S/C16H19N3O4/c20-19(21)13-3-4-15-12(10-13)2-5-16(18-15)17-7-1-8-23-14-6-9-22-11-14/h2-5,10,14H,1,6-9,11H2,(H,17,18)/t14-/m0/s1. The molecule has 3 rings (SSSR count). The van der Waals surface area contributed by atoms with Crippen molar-refractivity contribution in [3.63, 3.8) is 0 Å². The van der Waals surface area contributed by atoms with E-state index in [2.05, 4.69) is 10.3 Å². The molecule has 1 N–H and O–H groups in total. The van der Waals surface area contributed by atoms with Crippen LogP contribution in [0.15, 0.2) is 30.3 Å². The number of aromatic nitrogens is 1. The van der Waals surface area contributed by atoms with E-state index in [4.69, 9.17) is 9.47 Å². The lowest BCUT2D eigenvalue weighted by Gasteiger charge is -2.10. The number of nitro benzene ring substituents is 1. The first-order valence-electron chi connectivity index (χ1n) is 7.71. The van der Waals surface area contributed by atoms with Gasteiger partial charge < -0.3 is 14.8 Å². The number of benzene rings is 1. The summed E-state index contributed by atoms with van der Waals surface area (Å²) in [6, 6.07) is 8.34. The molecule has 2 aromatic rings. The molecule has 0 amide bonds. The third kappa shape index (κ3) is 4.14. The van der Waals surface area contributed by atoms with Crippen molar-refractivity contribution in [2.24, 2.45) is 0 Å². The molecular weight excluding hydrogens is 298 g/mol. The Bertz CT molecular complexity index is 686. The lowest BCUT2D eigenvalue weighted by molar-refractivity contribution is -0.384. The summed E-state index contributed by atoms with van der Waals surface area (Å²) in [7, 11) is 0. The van der Waals surface area contributed by atoms with Crippen LogP contribution in [-0.4, -0.2) is 42.4 Å². The first-order chi connectivity index (χ1) is 11.2. The van der Waals surface area contributed by atoms with Crippen LogP contribution < -0.4 is 5.32 Å². The van der Waals surface area contributed by atoms with Crippen LogP contribution in [0.4, 0.5) is 11.5 Å². The molecule has 0 bridgehead atoms. The molecule has 0 radical (unpaired) electrons. The number of anilines is 1. The highest BCUT2D eigenvalue weighted by atomic mass is 16.6. The molecular formula is C16H19N3O4.